The highest BCUT2D eigenvalue weighted by atomic mass is 35.5. The van der Waals surface area contributed by atoms with Crippen molar-refractivity contribution < 1.29 is 14.3 Å². The van der Waals surface area contributed by atoms with Gasteiger partial charge in [0.15, 0.2) is 10.8 Å². The van der Waals surface area contributed by atoms with Gasteiger partial charge in [0.05, 0.1) is 18.5 Å². The summed E-state index contributed by atoms with van der Waals surface area (Å²) in [6, 6.07) is 8.80. The first-order valence-electron chi connectivity index (χ1n) is 6.87. The van der Waals surface area contributed by atoms with Crippen molar-refractivity contribution in [2.24, 2.45) is 0 Å². The van der Waals surface area contributed by atoms with Crippen molar-refractivity contribution >= 4 is 28.7 Å². The topological polar surface area (TPSA) is 79.1 Å². The van der Waals surface area contributed by atoms with Crippen LogP contribution in [0, 0.1) is 0 Å². The first-order chi connectivity index (χ1) is 11.3. The molecule has 0 aliphatic carbocycles. The summed E-state index contributed by atoms with van der Waals surface area (Å²) in [6.07, 6.45) is 2.94. The number of benzene rings is 1. The molecule has 0 saturated heterocycles. The summed E-state index contributed by atoms with van der Waals surface area (Å²) < 4.78 is 12.3. The second-order valence-corrected chi connectivity index (χ2v) is 4.95. The van der Waals surface area contributed by atoms with Crippen LogP contribution >= 0.6 is 11.6 Å². The number of imidazole rings is 1. The van der Waals surface area contributed by atoms with Crippen molar-refractivity contribution in [3.8, 4) is 0 Å². The van der Waals surface area contributed by atoms with Crippen molar-refractivity contribution in [1.29, 1.82) is 0 Å². The quantitative estimate of drug-likeness (QED) is 0.391. The van der Waals surface area contributed by atoms with Crippen molar-refractivity contribution in [2.75, 3.05) is 13.2 Å². The summed E-state index contributed by atoms with van der Waals surface area (Å²) in [6.45, 7) is 0.653. The standard InChI is InChI=1S/C15H13ClN4O3/c16-13-12-14(18-8-17-13)20(9-19-12)10-22-6-7-23-15(21)11-4-2-1-3-5-11/h1-5,8-9H,6-7,10H2. The molecule has 2 heterocycles. The smallest absolute Gasteiger partial charge is 0.338 e. The van der Waals surface area contributed by atoms with Crippen molar-refractivity contribution in [2.45, 2.75) is 6.73 Å². The van der Waals surface area contributed by atoms with E-state index in [1.807, 2.05) is 6.07 Å². The maximum absolute atomic E-state index is 11.7. The van der Waals surface area contributed by atoms with E-state index in [9.17, 15) is 4.79 Å². The first-order valence-corrected chi connectivity index (χ1v) is 7.25. The molecular weight excluding hydrogens is 320 g/mol. The summed E-state index contributed by atoms with van der Waals surface area (Å²) in [5, 5.41) is 0.297. The molecule has 0 N–H and O–H groups in total. The summed E-state index contributed by atoms with van der Waals surface area (Å²) in [5.74, 6) is -0.373. The van der Waals surface area contributed by atoms with Gasteiger partial charge in [0, 0.05) is 0 Å². The number of fused-ring (bicyclic) bond motifs is 1. The van der Waals surface area contributed by atoms with Gasteiger partial charge >= 0.3 is 5.97 Å². The fourth-order valence-corrected chi connectivity index (χ4v) is 2.14. The number of halogens is 1. The Morgan fingerprint density at radius 2 is 1.96 bits per heavy atom. The highest BCUT2D eigenvalue weighted by Crippen LogP contribution is 2.16. The summed E-state index contributed by atoms with van der Waals surface area (Å²) in [5.41, 5.74) is 1.62. The molecule has 0 spiro atoms. The van der Waals surface area contributed by atoms with Crippen molar-refractivity contribution in [3.05, 3.63) is 53.7 Å². The third kappa shape index (κ3) is 3.64. The molecule has 0 atom stereocenters. The molecule has 0 aliphatic heterocycles. The van der Waals surface area contributed by atoms with Crippen LogP contribution in [0.4, 0.5) is 0 Å². The van der Waals surface area contributed by atoms with Gasteiger partial charge in [0.2, 0.25) is 0 Å². The number of hydrogen-bond acceptors (Lipinski definition) is 6. The number of aromatic nitrogens is 4. The molecular formula is C15H13ClN4O3. The SMILES string of the molecule is O=C(OCCOCn1cnc2c(Cl)ncnc21)c1ccccc1. The van der Waals surface area contributed by atoms with Gasteiger partial charge in [-0.1, -0.05) is 29.8 Å². The van der Waals surface area contributed by atoms with Crippen LogP contribution in [0.3, 0.4) is 0 Å². The largest absolute Gasteiger partial charge is 0.460 e. The molecule has 2 aromatic heterocycles. The van der Waals surface area contributed by atoms with E-state index >= 15 is 0 Å². The number of carbonyl (C=O) groups excluding carboxylic acids is 1. The van der Waals surface area contributed by atoms with Gasteiger partial charge < -0.3 is 9.47 Å². The molecule has 118 valence electrons. The second kappa shape index (κ2) is 7.17. The zero-order valence-corrected chi connectivity index (χ0v) is 12.8. The Morgan fingerprint density at radius 3 is 2.78 bits per heavy atom. The van der Waals surface area contributed by atoms with Gasteiger partial charge in [-0.05, 0) is 12.1 Å². The lowest BCUT2D eigenvalue weighted by atomic mass is 10.2. The molecule has 0 saturated carbocycles. The Bertz CT molecular complexity index is 807. The minimum Gasteiger partial charge on any atom is -0.460 e. The third-order valence-electron chi connectivity index (χ3n) is 3.06. The fraction of sp³-hybridized carbons (Fsp3) is 0.200. The lowest BCUT2D eigenvalue weighted by Crippen LogP contribution is -2.12. The molecule has 7 nitrogen and oxygen atoms in total. The van der Waals surface area contributed by atoms with Crippen molar-refractivity contribution in [3.63, 3.8) is 0 Å². The van der Waals surface area contributed by atoms with Crippen LogP contribution in [0.5, 0.6) is 0 Å². The van der Waals surface area contributed by atoms with Gasteiger partial charge in [-0.2, -0.15) is 0 Å². The molecule has 1 aromatic carbocycles. The zero-order valence-electron chi connectivity index (χ0n) is 12.1. The predicted octanol–water partition coefficient (Wildman–Crippen LogP) is 2.31. The van der Waals surface area contributed by atoms with E-state index in [0.29, 0.717) is 21.9 Å². The summed E-state index contributed by atoms with van der Waals surface area (Å²) in [4.78, 5) is 23.8. The third-order valence-corrected chi connectivity index (χ3v) is 3.33. The molecule has 3 rings (SSSR count). The van der Waals surface area contributed by atoms with Gasteiger partial charge in [-0.3, -0.25) is 4.57 Å². The minimum absolute atomic E-state index is 0.163. The van der Waals surface area contributed by atoms with Crippen LogP contribution in [0.25, 0.3) is 11.2 Å². The summed E-state index contributed by atoms with van der Waals surface area (Å²) >= 11 is 5.92. The zero-order chi connectivity index (χ0) is 16.1. The van der Waals surface area contributed by atoms with E-state index in [1.165, 1.54) is 6.33 Å². The molecule has 0 bridgehead atoms. The normalized spacial score (nSPS) is 10.8. The number of ether oxygens (including phenoxy) is 2. The lowest BCUT2D eigenvalue weighted by molar-refractivity contribution is 0.0181. The minimum atomic E-state index is -0.373. The molecule has 8 heteroatoms. The Balaban J connectivity index is 1.46. The monoisotopic (exact) mass is 332 g/mol. The Kier molecular flexibility index (Phi) is 4.80. The highest BCUT2D eigenvalue weighted by Gasteiger charge is 2.08. The van der Waals surface area contributed by atoms with Crippen LogP contribution in [0.1, 0.15) is 10.4 Å². The summed E-state index contributed by atoms with van der Waals surface area (Å²) in [7, 11) is 0. The number of nitrogens with zero attached hydrogens (tertiary/aromatic N) is 4. The molecule has 3 aromatic rings. The second-order valence-electron chi connectivity index (χ2n) is 4.59. The van der Waals surface area contributed by atoms with Crippen LogP contribution in [-0.4, -0.2) is 38.7 Å². The van der Waals surface area contributed by atoms with E-state index in [-0.39, 0.29) is 25.9 Å². The van der Waals surface area contributed by atoms with E-state index in [4.69, 9.17) is 21.1 Å². The van der Waals surface area contributed by atoms with Crippen molar-refractivity contribution in [1.82, 2.24) is 19.5 Å². The van der Waals surface area contributed by atoms with E-state index in [2.05, 4.69) is 15.0 Å². The molecule has 0 aliphatic rings. The average Bonchev–Trinajstić information content (AvgIpc) is 3.00. The molecule has 0 amide bonds. The molecule has 0 fully saturated rings. The van der Waals surface area contributed by atoms with Gasteiger partial charge in [0.25, 0.3) is 0 Å². The number of hydrogen-bond donors (Lipinski definition) is 0. The Morgan fingerprint density at radius 1 is 1.13 bits per heavy atom. The Hall–Kier alpha value is -2.51. The van der Waals surface area contributed by atoms with Crippen LogP contribution in [-0.2, 0) is 16.2 Å². The Labute approximate surface area is 136 Å². The van der Waals surface area contributed by atoms with E-state index in [1.54, 1.807) is 35.2 Å². The van der Waals surface area contributed by atoms with Gasteiger partial charge in [-0.15, -0.1) is 0 Å². The molecule has 23 heavy (non-hydrogen) atoms. The maximum Gasteiger partial charge on any atom is 0.338 e. The van der Waals surface area contributed by atoms with E-state index in [0.717, 1.165) is 0 Å². The number of carbonyl (C=O) groups is 1. The van der Waals surface area contributed by atoms with Gasteiger partial charge in [-0.25, -0.2) is 19.7 Å². The van der Waals surface area contributed by atoms with Crippen LogP contribution in [0.15, 0.2) is 43.0 Å². The van der Waals surface area contributed by atoms with Gasteiger partial charge in [0.1, 0.15) is 25.2 Å². The molecule has 0 radical (unpaired) electrons. The van der Waals surface area contributed by atoms with Crippen LogP contribution < -0.4 is 0 Å². The first kappa shape index (κ1) is 15.4. The average molecular weight is 333 g/mol. The number of esters is 1. The van der Waals surface area contributed by atoms with Crippen LogP contribution in [0.2, 0.25) is 5.15 Å². The highest BCUT2D eigenvalue weighted by molar-refractivity contribution is 6.33. The van der Waals surface area contributed by atoms with E-state index < -0.39 is 0 Å². The predicted molar refractivity (Wildman–Crippen MR) is 83.0 cm³/mol. The molecule has 0 unspecified atom stereocenters. The fourth-order valence-electron chi connectivity index (χ4n) is 1.96. The lowest BCUT2D eigenvalue weighted by Gasteiger charge is -2.07. The maximum atomic E-state index is 11.7. The number of rotatable bonds is 6.